The first-order valence-corrected chi connectivity index (χ1v) is 9.53. The number of nitriles is 1. The number of carbonyl (C=O) groups is 2. The fourth-order valence-corrected chi connectivity index (χ4v) is 3.49. The van der Waals surface area contributed by atoms with Crippen LogP contribution in [0.5, 0.6) is 0 Å². The lowest BCUT2D eigenvalue weighted by Crippen LogP contribution is -2.29. The maximum absolute atomic E-state index is 12.6. The van der Waals surface area contributed by atoms with E-state index in [1.54, 1.807) is 48.5 Å². The number of hydrogen-bond donors (Lipinski definition) is 2. The molecule has 0 saturated carbocycles. The number of fused-ring (bicyclic) bond motifs is 1. The molecule has 0 atom stereocenters. The number of benzene rings is 1. The molecule has 142 valence electrons. The van der Waals surface area contributed by atoms with E-state index in [2.05, 4.69) is 15.6 Å². The third-order valence-corrected chi connectivity index (χ3v) is 5.09. The van der Waals surface area contributed by atoms with E-state index in [1.807, 2.05) is 11.4 Å². The number of aliphatic imine (C=N–C) groups is 1. The van der Waals surface area contributed by atoms with Crippen molar-refractivity contribution in [2.24, 2.45) is 4.99 Å². The molecule has 8 heteroatoms. The Morgan fingerprint density at radius 3 is 2.62 bits per heavy atom. The molecular weight excluding hydrogens is 388 g/mol. The van der Waals surface area contributed by atoms with Gasteiger partial charge < -0.3 is 15.1 Å². The summed E-state index contributed by atoms with van der Waals surface area (Å²) in [6.07, 6.45) is 1.51. The van der Waals surface area contributed by atoms with E-state index >= 15 is 0 Å². The summed E-state index contributed by atoms with van der Waals surface area (Å²) in [6, 6.07) is 16.0. The summed E-state index contributed by atoms with van der Waals surface area (Å²) in [4.78, 5) is 30.0. The lowest BCUT2D eigenvalue weighted by Gasteiger charge is -2.05. The summed E-state index contributed by atoms with van der Waals surface area (Å²) in [5, 5.41) is 16.8. The molecule has 1 aliphatic heterocycles. The van der Waals surface area contributed by atoms with E-state index < -0.39 is 5.91 Å². The van der Waals surface area contributed by atoms with E-state index in [9.17, 15) is 14.9 Å². The maximum atomic E-state index is 12.6. The van der Waals surface area contributed by atoms with Gasteiger partial charge in [0.1, 0.15) is 23.2 Å². The van der Waals surface area contributed by atoms with Gasteiger partial charge in [-0.05, 0) is 23.6 Å². The van der Waals surface area contributed by atoms with Crippen molar-refractivity contribution in [1.82, 2.24) is 10.6 Å². The van der Waals surface area contributed by atoms with Gasteiger partial charge in [0.2, 0.25) is 0 Å². The highest BCUT2D eigenvalue weighted by Gasteiger charge is 2.27. The average Bonchev–Trinajstić information content (AvgIpc) is 3.49. The van der Waals surface area contributed by atoms with Gasteiger partial charge in [-0.15, -0.1) is 11.3 Å². The van der Waals surface area contributed by atoms with Gasteiger partial charge in [0.05, 0.1) is 23.4 Å². The predicted octanol–water partition coefficient (Wildman–Crippen LogP) is 3.08. The second-order valence-electron chi connectivity index (χ2n) is 6.03. The minimum Gasteiger partial charge on any atom is -0.467 e. The number of furan rings is 1. The maximum Gasteiger partial charge on any atom is 0.266 e. The van der Waals surface area contributed by atoms with Crippen molar-refractivity contribution < 1.29 is 14.0 Å². The van der Waals surface area contributed by atoms with Crippen molar-refractivity contribution in [1.29, 1.82) is 5.26 Å². The second-order valence-corrected chi connectivity index (χ2v) is 6.98. The molecule has 0 saturated heterocycles. The van der Waals surface area contributed by atoms with Gasteiger partial charge in [-0.1, -0.05) is 30.3 Å². The van der Waals surface area contributed by atoms with Gasteiger partial charge in [0, 0.05) is 11.1 Å². The zero-order valence-electron chi connectivity index (χ0n) is 15.0. The Kier molecular flexibility index (Phi) is 5.05. The molecule has 29 heavy (non-hydrogen) atoms. The zero-order valence-corrected chi connectivity index (χ0v) is 15.8. The van der Waals surface area contributed by atoms with Crippen molar-refractivity contribution in [2.75, 3.05) is 0 Å². The van der Waals surface area contributed by atoms with Gasteiger partial charge in [-0.2, -0.15) is 5.26 Å². The number of nitrogens with zero attached hydrogens (tertiary/aromatic N) is 2. The highest BCUT2D eigenvalue weighted by molar-refractivity contribution is 7.12. The van der Waals surface area contributed by atoms with Crippen molar-refractivity contribution in [3.63, 3.8) is 0 Å². The molecule has 3 aromatic rings. The summed E-state index contributed by atoms with van der Waals surface area (Å²) < 4.78 is 5.19. The quantitative estimate of drug-likeness (QED) is 0.516. The van der Waals surface area contributed by atoms with Gasteiger partial charge in [-0.3, -0.25) is 9.59 Å². The van der Waals surface area contributed by atoms with Gasteiger partial charge in [0.15, 0.2) is 0 Å². The number of hydrogen-bond acceptors (Lipinski definition) is 6. The fraction of sp³-hybridized carbons (Fsp3) is 0.0476. The summed E-state index contributed by atoms with van der Waals surface area (Å²) in [5.41, 5.74) is 1.35. The molecule has 1 aromatic carbocycles. The molecule has 2 aromatic heterocycles. The largest absolute Gasteiger partial charge is 0.467 e. The minimum atomic E-state index is -0.566. The molecule has 0 spiro atoms. The molecule has 0 radical (unpaired) electrons. The highest BCUT2D eigenvalue weighted by atomic mass is 32.1. The molecule has 1 aliphatic rings. The number of nitrogens with one attached hydrogen (secondary N) is 2. The van der Waals surface area contributed by atoms with Gasteiger partial charge in [0.25, 0.3) is 11.8 Å². The number of amides is 2. The lowest BCUT2D eigenvalue weighted by molar-refractivity contribution is -0.117. The monoisotopic (exact) mass is 402 g/mol. The number of amidine groups is 1. The second kappa shape index (κ2) is 7.96. The Morgan fingerprint density at radius 1 is 1.10 bits per heavy atom. The Bertz CT molecular complexity index is 1170. The lowest BCUT2D eigenvalue weighted by atomic mass is 10.0. The van der Waals surface area contributed by atoms with Gasteiger partial charge in [-0.25, -0.2) is 4.99 Å². The molecule has 2 N–H and O–H groups in total. The Morgan fingerprint density at radius 2 is 1.93 bits per heavy atom. The predicted molar refractivity (Wildman–Crippen MR) is 108 cm³/mol. The summed E-state index contributed by atoms with van der Waals surface area (Å²) in [5.74, 6) is 0.0133. The van der Waals surface area contributed by atoms with Crippen LogP contribution in [0.1, 0.15) is 26.6 Å². The third-order valence-electron chi connectivity index (χ3n) is 4.22. The van der Waals surface area contributed by atoms with Crippen molar-refractivity contribution in [3.8, 4) is 6.07 Å². The number of carbonyl (C=O) groups excluding carboxylic acids is 2. The van der Waals surface area contributed by atoms with Crippen LogP contribution < -0.4 is 10.6 Å². The van der Waals surface area contributed by atoms with E-state index in [4.69, 9.17) is 4.42 Å². The topological polar surface area (TPSA) is 107 Å². The van der Waals surface area contributed by atoms with Crippen LogP contribution in [-0.2, 0) is 11.3 Å². The van der Waals surface area contributed by atoms with Crippen LogP contribution in [0.15, 0.2) is 75.2 Å². The first-order valence-electron chi connectivity index (χ1n) is 8.65. The van der Waals surface area contributed by atoms with E-state index in [-0.39, 0.29) is 23.7 Å². The van der Waals surface area contributed by atoms with Crippen LogP contribution in [-0.4, -0.2) is 17.6 Å². The Hall–Kier alpha value is -3.96. The van der Waals surface area contributed by atoms with Crippen LogP contribution in [0, 0.1) is 11.3 Å². The van der Waals surface area contributed by atoms with E-state index in [0.717, 1.165) is 0 Å². The Labute approximate surface area is 170 Å². The molecule has 4 rings (SSSR count). The summed E-state index contributed by atoms with van der Waals surface area (Å²) >= 11 is 1.31. The fourth-order valence-electron chi connectivity index (χ4n) is 2.87. The standard InChI is InChI=1S/C21H14N4O3S/c22-11-16(20(26)23-12-13-5-3-9-28-13)18-14-6-1-2-7-15(14)19(24-18)25-21(27)17-8-4-10-29-17/h1-10H,12H2,(H,23,26)(H,24,25,27). The first-order chi connectivity index (χ1) is 14.2. The van der Waals surface area contributed by atoms with Crippen molar-refractivity contribution >= 4 is 34.7 Å². The normalized spacial score (nSPS) is 13.8. The highest BCUT2D eigenvalue weighted by Crippen LogP contribution is 2.30. The first kappa shape index (κ1) is 18.4. The molecule has 2 amide bonds. The third kappa shape index (κ3) is 3.72. The molecule has 0 aliphatic carbocycles. The molecule has 0 bridgehead atoms. The van der Waals surface area contributed by atoms with Crippen molar-refractivity contribution in [2.45, 2.75) is 6.54 Å². The SMILES string of the molecule is N#CC(C(=O)NCc1ccco1)=C1N=C(NC(=O)c2cccs2)c2ccccc21. The molecule has 0 unspecified atom stereocenters. The van der Waals surface area contributed by atoms with Crippen molar-refractivity contribution in [3.05, 3.63) is 87.5 Å². The number of thiophene rings is 1. The van der Waals surface area contributed by atoms with E-state index in [0.29, 0.717) is 27.6 Å². The zero-order chi connectivity index (χ0) is 20.2. The van der Waals surface area contributed by atoms with E-state index in [1.165, 1.54) is 17.6 Å². The van der Waals surface area contributed by atoms with Crippen LogP contribution in [0.25, 0.3) is 5.70 Å². The minimum absolute atomic E-state index is 0.135. The van der Waals surface area contributed by atoms with Gasteiger partial charge >= 0.3 is 0 Å². The van der Waals surface area contributed by atoms with Crippen LogP contribution in [0.2, 0.25) is 0 Å². The summed E-state index contributed by atoms with van der Waals surface area (Å²) in [6.45, 7) is 0.150. The molecular formula is C21H14N4O3S. The smallest absolute Gasteiger partial charge is 0.266 e. The van der Waals surface area contributed by atoms with Crippen LogP contribution in [0.4, 0.5) is 0 Å². The average molecular weight is 402 g/mol. The molecule has 0 fully saturated rings. The Balaban J connectivity index is 1.65. The molecule has 7 nitrogen and oxygen atoms in total. The summed E-state index contributed by atoms with van der Waals surface area (Å²) in [7, 11) is 0. The number of rotatable bonds is 4. The van der Waals surface area contributed by atoms with Crippen LogP contribution >= 0.6 is 11.3 Å². The molecule has 3 heterocycles. The van der Waals surface area contributed by atoms with Crippen LogP contribution in [0.3, 0.4) is 0 Å².